The summed E-state index contributed by atoms with van der Waals surface area (Å²) in [5.41, 5.74) is 1.00. The molecular formula is C5H11ClSi. The molecule has 0 spiro atoms. The van der Waals surface area contributed by atoms with Crippen LogP contribution in [0.15, 0.2) is 0 Å². The fraction of sp³-hybridized carbons (Fsp3) is 1.00. The normalized spacial score (nSPS) is 25.3. The molecule has 0 N–H and O–H groups in total. The Morgan fingerprint density at radius 1 is 1.29 bits per heavy atom. The molecule has 1 aliphatic carbocycles. The van der Waals surface area contributed by atoms with Gasteiger partial charge in [-0.1, -0.05) is 25.7 Å². The van der Waals surface area contributed by atoms with Gasteiger partial charge in [0.05, 0.1) is 0 Å². The number of hydrogen-bond donors (Lipinski definition) is 0. The van der Waals surface area contributed by atoms with Crippen molar-refractivity contribution in [1.29, 1.82) is 0 Å². The van der Waals surface area contributed by atoms with Crippen molar-refractivity contribution in [3.8, 4) is 0 Å². The van der Waals surface area contributed by atoms with E-state index in [0.29, 0.717) is 0 Å². The third-order valence-electron chi connectivity index (χ3n) is 1.69. The van der Waals surface area contributed by atoms with Crippen LogP contribution in [0.3, 0.4) is 0 Å². The average molecular weight is 135 g/mol. The molecular weight excluding hydrogens is 124 g/mol. The third kappa shape index (κ3) is 1.46. The van der Waals surface area contributed by atoms with Crippen LogP contribution in [0.2, 0.25) is 5.54 Å². The first kappa shape index (κ1) is 5.64. The van der Waals surface area contributed by atoms with Gasteiger partial charge in [0.15, 0.2) is 0 Å². The predicted molar refractivity (Wildman–Crippen MR) is 36.6 cm³/mol. The Bertz CT molecular complexity index is 50.0. The Kier molecular flexibility index (Phi) is 2.20. The van der Waals surface area contributed by atoms with Gasteiger partial charge in [0.2, 0.25) is 0 Å². The van der Waals surface area contributed by atoms with Crippen molar-refractivity contribution in [3.05, 3.63) is 0 Å². The summed E-state index contributed by atoms with van der Waals surface area (Å²) in [4.78, 5) is 0. The second-order valence-corrected chi connectivity index (χ2v) is 4.69. The standard InChI is InChI=1S/C5H11ClSi/c6-7-5-3-1-2-4-5/h5H,1-4,7H2. The van der Waals surface area contributed by atoms with Crippen molar-refractivity contribution in [2.75, 3.05) is 0 Å². The van der Waals surface area contributed by atoms with Crippen LogP contribution in [0.4, 0.5) is 0 Å². The molecule has 0 heterocycles. The summed E-state index contributed by atoms with van der Waals surface area (Å²) in [5.74, 6) is 0. The minimum Gasteiger partial charge on any atom is -0.176 e. The molecule has 0 radical (unpaired) electrons. The molecule has 7 heavy (non-hydrogen) atoms. The third-order valence-corrected chi connectivity index (χ3v) is 4.26. The van der Waals surface area contributed by atoms with Crippen molar-refractivity contribution in [1.82, 2.24) is 0 Å². The smallest absolute Gasteiger partial charge is 0.128 e. The lowest BCUT2D eigenvalue weighted by molar-refractivity contribution is 0.876. The Hall–Kier alpha value is 0.507. The SMILES string of the molecule is Cl[SiH2]C1CCCC1. The van der Waals surface area contributed by atoms with Gasteiger partial charge < -0.3 is 0 Å². The van der Waals surface area contributed by atoms with Gasteiger partial charge in [0.25, 0.3) is 0 Å². The summed E-state index contributed by atoms with van der Waals surface area (Å²) >= 11 is 5.75. The van der Waals surface area contributed by atoms with Crippen molar-refractivity contribution in [2.24, 2.45) is 0 Å². The van der Waals surface area contributed by atoms with E-state index in [1.807, 2.05) is 0 Å². The fourth-order valence-electron chi connectivity index (χ4n) is 1.16. The topological polar surface area (TPSA) is 0 Å². The lowest BCUT2D eigenvalue weighted by Gasteiger charge is -1.96. The van der Waals surface area contributed by atoms with Crippen LogP contribution in [0.5, 0.6) is 0 Å². The van der Waals surface area contributed by atoms with Crippen molar-refractivity contribution in [3.63, 3.8) is 0 Å². The molecule has 1 aliphatic rings. The molecule has 1 rings (SSSR count). The number of halogens is 1. The van der Waals surface area contributed by atoms with Gasteiger partial charge in [0, 0.05) is 0 Å². The van der Waals surface area contributed by atoms with E-state index in [0.717, 1.165) is 5.54 Å². The van der Waals surface area contributed by atoms with Gasteiger partial charge >= 0.3 is 0 Å². The minimum absolute atomic E-state index is 0.137. The van der Waals surface area contributed by atoms with Crippen LogP contribution in [0.1, 0.15) is 25.7 Å². The van der Waals surface area contributed by atoms with Gasteiger partial charge in [-0.25, -0.2) is 0 Å². The van der Waals surface area contributed by atoms with E-state index < -0.39 is 0 Å². The predicted octanol–water partition coefficient (Wildman–Crippen LogP) is 1.67. The van der Waals surface area contributed by atoms with Crippen LogP contribution in [-0.2, 0) is 0 Å². The van der Waals surface area contributed by atoms with E-state index in [1.54, 1.807) is 0 Å². The Balaban J connectivity index is 2.14. The Morgan fingerprint density at radius 3 is 2.14 bits per heavy atom. The molecule has 2 heteroatoms. The highest BCUT2D eigenvalue weighted by molar-refractivity contribution is 6.94. The van der Waals surface area contributed by atoms with Crippen LogP contribution in [0.25, 0.3) is 0 Å². The van der Waals surface area contributed by atoms with Gasteiger partial charge in [-0.3, -0.25) is 0 Å². The Morgan fingerprint density at radius 2 is 1.86 bits per heavy atom. The monoisotopic (exact) mass is 134 g/mol. The first-order valence-electron chi connectivity index (χ1n) is 2.99. The van der Waals surface area contributed by atoms with Crippen molar-refractivity contribution >= 4 is 19.9 Å². The highest BCUT2D eigenvalue weighted by Crippen LogP contribution is 2.29. The summed E-state index contributed by atoms with van der Waals surface area (Å²) in [7, 11) is -0.137. The van der Waals surface area contributed by atoms with Crippen LogP contribution < -0.4 is 0 Å². The van der Waals surface area contributed by atoms with Gasteiger partial charge in [-0.2, -0.15) is 11.1 Å². The molecule has 0 aromatic carbocycles. The highest BCUT2D eigenvalue weighted by atomic mass is 35.6. The van der Waals surface area contributed by atoms with E-state index in [9.17, 15) is 0 Å². The molecule has 0 atom stereocenters. The van der Waals surface area contributed by atoms with E-state index in [1.165, 1.54) is 25.7 Å². The molecule has 0 bridgehead atoms. The van der Waals surface area contributed by atoms with Crippen LogP contribution in [0, 0.1) is 0 Å². The van der Waals surface area contributed by atoms with Gasteiger partial charge in [0.1, 0.15) is 8.83 Å². The number of rotatable bonds is 1. The molecule has 1 saturated carbocycles. The summed E-state index contributed by atoms with van der Waals surface area (Å²) in [6.07, 6.45) is 5.78. The second kappa shape index (κ2) is 2.73. The first-order valence-corrected chi connectivity index (χ1v) is 5.95. The van der Waals surface area contributed by atoms with E-state index in [2.05, 4.69) is 0 Å². The zero-order valence-electron chi connectivity index (χ0n) is 4.49. The summed E-state index contributed by atoms with van der Waals surface area (Å²) < 4.78 is 0. The summed E-state index contributed by atoms with van der Waals surface area (Å²) in [6.45, 7) is 0. The van der Waals surface area contributed by atoms with Gasteiger partial charge in [-0.05, 0) is 5.54 Å². The zero-order chi connectivity index (χ0) is 5.11. The van der Waals surface area contributed by atoms with Crippen molar-refractivity contribution < 1.29 is 0 Å². The minimum atomic E-state index is -0.137. The molecule has 0 aliphatic heterocycles. The molecule has 0 aromatic rings. The molecule has 1 fully saturated rings. The summed E-state index contributed by atoms with van der Waals surface area (Å²) in [5, 5.41) is 0. The Labute approximate surface area is 51.8 Å². The molecule has 0 nitrogen and oxygen atoms in total. The number of hydrogen-bond acceptors (Lipinski definition) is 0. The quantitative estimate of drug-likeness (QED) is 0.378. The molecule has 42 valence electrons. The van der Waals surface area contributed by atoms with Gasteiger partial charge in [-0.15, -0.1) is 0 Å². The van der Waals surface area contributed by atoms with Crippen LogP contribution >= 0.6 is 11.1 Å². The lowest BCUT2D eigenvalue weighted by Crippen LogP contribution is -1.87. The molecule has 0 amide bonds. The molecule has 0 aromatic heterocycles. The molecule has 0 unspecified atom stereocenters. The average Bonchev–Trinajstić information content (AvgIpc) is 2.14. The maximum atomic E-state index is 5.75. The highest BCUT2D eigenvalue weighted by Gasteiger charge is 2.12. The summed E-state index contributed by atoms with van der Waals surface area (Å²) in [6, 6.07) is 0. The van der Waals surface area contributed by atoms with Crippen molar-refractivity contribution in [2.45, 2.75) is 31.2 Å². The maximum Gasteiger partial charge on any atom is 0.128 e. The fourth-order valence-corrected chi connectivity index (χ4v) is 2.98. The first-order chi connectivity index (χ1) is 3.43. The zero-order valence-corrected chi connectivity index (χ0v) is 6.66. The van der Waals surface area contributed by atoms with E-state index >= 15 is 0 Å². The van der Waals surface area contributed by atoms with E-state index in [-0.39, 0.29) is 8.83 Å². The molecule has 0 saturated heterocycles. The van der Waals surface area contributed by atoms with E-state index in [4.69, 9.17) is 11.1 Å². The lowest BCUT2D eigenvalue weighted by atomic mass is 10.4. The largest absolute Gasteiger partial charge is 0.176 e. The second-order valence-electron chi connectivity index (χ2n) is 2.30. The maximum absolute atomic E-state index is 5.75. The van der Waals surface area contributed by atoms with Crippen LogP contribution in [-0.4, -0.2) is 8.83 Å².